The number of pyridine rings is 1. The van der Waals surface area contributed by atoms with Crippen molar-refractivity contribution < 1.29 is 28.9 Å². The Morgan fingerprint density at radius 2 is 1.95 bits per heavy atom. The number of rotatable bonds is 15. The molecule has 0 spiro atoms. The first-order valence-electron chi connectivity index (χ1n) is 18.8. The molecule has 0 saturated carbocycles. The molecule has 3 N–H and O–H groups in total. The lowest BCUT2D eigenvalue weighted by Gasteiger charge is -2.37. The Labute approximate surface area is 341 Å². The van der Waals surface area contributed by atoms with Crippen LogP contribution < -0.4 is 14.8 Å². The summed E-state index contributed by atoms with van der Waals surface area (Å²) < 4.78 is 19.6. The van der Waals surface area contributed by atoms with Gasteiger partial charge in [0.05, 0.1) is 28.1 Å². The normalized spacial score (nSPS) is 19.4. The average Bonchev–Trinajstić information content (AvgIpc) is 3.87. The summed E-state index contributed by atoms with van der Waals surface area (Å²) in [4.78, 5) is 23.0. The van der Waals surface area contributed by atoms with Crippen LogP contribution in [0.1, 0.15) is 52.6 Å². The van der Waals surface area contributed by atoms with Crippen LogP contribution in [0, 0.1) is 30.1 Å². The van der Waals surface area contributed by atoms with E-state index in [0.717, 1.165) is 33.4 Å². The summed E-state index contributed by atoms with van der Waals surface area (Å²) in [6, 6.07) is 19.4. The zero-order valence-electron chi connectivity index (χ0n) is 31.7. The molecule has 57 heavy (non-hydrogen) atoms. The molecule has 294 valence electrons. The van der Waals surface area contributed by atoms with Gasteiger partial charge in [-0.05, 0) is 66.4 Å². The number of likely N-dealkylation sites (tertiary alicyclic amines) is 1. The number of halogens is 2. The highest BCUT2D eigenvalue weighted by Gasteiger charge is 2.45. The van der Waals surface area contributed by atoms with E-state index in [-0.39, 0.29) is 31.7 Å². The second-order valence-electron chi connectivity index (χ2n) is 14.6. The van der Waals surface area contributed by atoms with Crippen LogP contribution >= 0.6 is 23.2 Å². The molecule has 2 aliphatic rings. The number of aliphatic carboxylic acids is 1. The van der Waals surface area contributed by atoms with Crippen molar-refractivity contribution >= 4 is 45.8 Å². The van der Waals surface area contributed by atoms with E-state index in [1.165, 1.54) is 6.20 Å². The van der Waals surface area contributed by atoms with Gasteiger partial charge < -0.3 is 29.4 Å². The van der Waals surface area contributed by atoms with E-state index in [2.05, 4.69) is 59.4 Å². The minimum atomic E-state index is -0.923. The van der Waals surface area contributed by atoms with Crippen molar-refractivity contribution in [2.24, 2.45) is 11.8 Å². The number of allylic oxidation sites excluding steroid dienone is 3. The van der Waals surface area contributed by atoms with Crippen LogP contribution in [0.4, 0.5) is 0 Å². The molecule has 3 aromatic carbocycles. The van der Waals surface area contributed by atoms with Gasteiger partial charge in [-0.25, -0.2) is 4.98 Å². The third-order valence-corrected chi connectivity index (χ3v) is 11.4. The van der Waals surface area contributed by atoms with Gasteiger partial charge in [0.2, 0.25) is 5.89 Å². The van der Waals surface area contributed by atoms with Crippen LogP contribution in [0.15, 0.2) is 89.6 Å². The number of nitriles is 1. The molecule has 2 unspecified atom stereocenters. The molecule has 0 radical (unpaired) electrons. The van der Waals surface area contributed by atoms with Crippen LogP contribution in [-0.2, 0) is 29.9 Å². The summed E-state index contributed by atoms with van der Waals surface area (Å²) in [5.74, 6) is -0.0261. The average molecular weight is 809 g/mol. The van der Waals surface area contributed by atoms with Gasteiger partial charge in [0.25, 0.3) is 0 Å². The van der Waals surface area contributed by atoms with Gasteiger partial charge in [-0.3, -0.25) is 14.7 Å². The molecular formula is C44H43Cl2N5O6. The summed E-state index contributed by atoms with van der Waals surface area (Å²) in [5.41, 5.74) is 6.26. The van der Waals surface area contributed by atoms with Gasteiger partial charge in [0.15, 0.2) is 5.58 Å². The fraction of sp³-hybridized carbons (Fsp3) is 0.318. The van der Waals surface area contributed by atoms with Gasteiger partial charge in [-0.15, -0.1) is 0 Å². The number of aliphatic hydroxyl groups is 1. The monoisotopic (exact) mass is 807 g/mol. The molecule has 3 atom stereocenters. The number of hydrogen-bond acceptors (Lipinski definition) is 10. The largest absolute Gasteiger partial charge is 0.490 e. The summed E-state index contributed by atoms with van der Waals surface area (Å²) in [6.07, 6.45) is 9.93. The van der Waals surface area contributed by atoms with Gasteiger partial charge in [0, 0.05) is 61.7 Å². The Bertz CT molecular complexity index is 2390. The van der Waals surface area contributed by atoms with Crippen LogP contribution in [-0.4, -0.2) is 63.9 Å². The molecule has 3 heterocycles. The molecule has 2 aromatic heterocycles. The van der Waals surface area contributed by atoms with Crippen LogP contribution in [0.2, 0.25) is 10.0 Å². The van der Waals surface area contributed by atoms with Crippen molar-refractivity contribution in [2.45, 2.75) is 45.4 Å². The zero-order valence-corrected chi connectivity index (χ0v) is 33.2. The molecule has 11 nitrogen and oxygen atoms in total. The van der Waals surface area contributed by atoms with Gasteiger partial charge in [-0.2, -0.15) is 5.26 Å². The lowest BCUT2D eigenvalue weighted by Crippen LogP contribution is -2.40. The van der Waals surface area contributed by atoms with Gasteiger partial charge in [0.1, 0.15) is 41.7 Å². The number of fused-ring (bicyclic) bond motifs is 1. The van der Waals surface area contributed by atoms with E-state index in [1.54, 1.807) is 24.4 Å². The predicted molar refractivity (Wildman–Crippen MR) is 218 cm³/mol. The Hall–Kier alpha value is -5.22. The summed E-state index contributed by atoms with van der Waals surface area (Å²) in [5, 5.41) is 32.2. The predicted octanol–water partition coefficient (Wildman–Crippen LogP) is 7.88. The molecule has 1 aliphatic heterocycles. The number of oxazole rings is 1. The quantitative estimate of drug-likeness (QED) is 0.0886. The molecular weight excluding hydrogens is 765 g/mol. The topological polar surface area (TPSA) is 154 Å². The zero-order chi connectivity index (χ0) is 40.1. The number of hydrogen-bond donors (Lipinski definition) is 3. The van der Waals surface area contributed by atoms with Crippen molar-refractivity contribution in [3.05, 3.63) is 135 Å². The molecule has 5 aromatic rings. The SMILES string of the molecule is Cc1ccccc1C1=CC=CC(COc2cc(OCc3cncc(C#N)c3)c(CNCCO)cc2Cl)(c2nc3cc(CN4CC[C@@H](C(=O)O)C4)cc(Cl)c3o2)C1C. The summed E-state index contributed by atoms with van der Waals surface area (Å²) in [7, 11) is 0. The first-order chi connectivity index (χ1) is 27.6. The minimum Gasteiger partial charge on any atom is -0.490 e. The number of aryl methyl sites for hydroxylation is 1. The Morgan fingerprint density at radius 3 is 2.72 bits per heavy atom. The molecule has 7 rings (SSSR count). The van der Waals surface area contributed by atoms with Crippen molar-refractivity contribution in [3.63, 3.8) is 0 Å². The number of aliphatic hydroxyl groups excluding tert-OH is 1. The van der Waals surface area contributed by atoms with Gasteiger partial charge >= 0.3 is 5.97 Å². The van der Waals surface area contributed by atoms with Crippen molar-refractivity contribution in [1.29, 1.82) is 5.26 Å². The number of carboxylic acid groups (broad SMARTS) is 1. The van der Waals surface area contributed by atoms with E-state index in [9.17, 15) is 20.3 Å². The second kappa shape index (κ2) is 17.5. The molecule has 1 fully saturated rings. The van der Waals surface area contributed by atoms with E-state index in [4.69, 9.17) is 42.1 Å². The third-order valence-electron chi connectivity index (χ3n) is 10.8. The first kappa shape index (κ1) is 40.0. The number of carbonyl (C=O) groups is 1. The smallest absolute Gasteiger partial charge is 0.307 e. The number of ether oxygens (including phenoxy) is 2. The second-order valence-corrected chi connectivity index (χ2v) is 15.4. The van der Waals surface area contributed by atoms with Crippen LogP contribution in [0.3, 0.4) is 0 Å². The summed E-state index contributed by atoms with van der Waals surface area (Å²) in [6.45, 7) is 6.90. The first-order valence-corrected chi connectivity index (χ1v) is 19.6. The number of carboxylic acids is 1. The van der Waals surface area contributed by atoms with E-state index in [1.807, 2.05) is 30.3 Å². The fourth-order valence-corrected chi connectivity index (χ4v) is 8.14. The van der Waals surface area contributed by atoms with Crippen LogP contribution in [0.25, 0.3) is 16.7 Å². The third kappa shape index (κ3) is 8.71. The van der Waals surface area contributed by atoms with E-state index in [0.29, 0.717) is 83.2 Å². The van der Waals surface area contributed by atoms with Crippen LogP contribution in [0.5, 0.6) is 11.5 Å². The standard InChI is InChI=1S/C44H43Cl2N5O6/c1-27-6-3-4-7-34(27)35-8-5-10-44(28(35)2,43-50-38-16-29(15-37(46)41(38)57-43)23-51-12-9-32(24-51)42(53)54)26-56-40-18-39(33(17-36(40)45)22-48-11-13-52)55-25-31-14-30(19-47)20-49-21-31/h3-8,10,14-18,20-21,28,32,48,52H,9,11-13,22-26H2,1-2H3,(H,53,54)/t28?,32-,44?/m1/s1. The number of benzene rings is 3. The van der Waals surface area contributed by atoms with Gasteiger partial charge in [-0.1, -0.05) is 72.6 Å². The number of nitrogens with one attached hydrogen (secondary N) is 1. The van der Waals surface area contributed by atoms with E-state index >= 15 is 0 Å². The Morgan fingerprint density at radius 1 is 1.11 bits per heavy atom. The summed E-state index contributed by atoms with van der Waals surface area (Å²) >= 11 is 13.8. The highest BCUT2D eigenvalue weighted by atomic mass is 35.5. The highest BCUT2D eigenvalue weighted by molar-refractivity contribution is 6.34. The lowest BCUT2D eigenvalue weighted by atomic mass is 9.68. The molecule has 0 amide bonds. The molecule has 1 saturated heterocycles. The lowest BCUT2D eigenvalue weighted by molar-refractivity contribution is -0.141. The van der Waals surface area contributed by atoms with Crippen molar-refractivity contribution in [3.8, 4) is 17.6 Å². The number of aromatic nitrogens is 2. The van der Waals surface area contributed by atoms with E-state index < -0.39 is 11.4 Å². The molecule has 0 bridgehead atoms. The van der Waals surface area contributed by atoms with Crippen molar-refractivity contribution in [1.82, 2.24) is 20.2 Å². The highest BCUT2D eigenvalue weighted by Crippen LogP contribution is 2.47. The number of nitrogens with zero attached hydrogens (tertiary/aromatic N) is 4. The maximum absolute atomic E-state index is 11.6. The minimum absolute atomic E-state index is 0.0293. The maximum atomic E-state index is 11.6. The molecule has 13 heteroatoms. The maximum Gasteiger partial charge on any atom is 0.307 e. The Kier molecular flexibility index (Phi) is 12.3. The molecule has 1 aliphatic carbocycles. The Balaban J connectivity index is 1.24. The van der Waals surface area contributed by atoms with Crippen molar-refractivity contribution in [2.75, 3.05) is 32.8 Å². The fourth-order valence-electron chi connectivity index (χ4n) is 7.62.